The van der Waals surface area contributed by atoms with E-state index in [-0.39, 0.29) is 35.5 Å². The summed E-state index contributed by atoms with van der Waals surface area (Å²) in [4.78, 5) is 14.5. The molecule has 192 valence electrons. The largest absolute Gasteiger partial charge is 0.493 e. The molecule has 8 nitrogen and oxygen atoms in total. The van der Waals surface area contributed by atoms with Gasteiger partial charge in [0.2, 0.25) is 0 Å². The monoisotopic (exact) mass is 524 g/mol. The molecule has 1 aromatic heterocycles. The fraction of sp³-hybridized carbons (Fsp3) is 0.148. The minimum absolute atomic E-state index is 0.0682. The summed E-state index contributed by atoms with van der Waals surface area (Å²) in [6.07, 6.45) is 1.52. The molecule has 0 radical (unpaired) electrons. The van der Waals surface area contributed by atoms with Gasteiger partial charge in [-0.2, -0.15) is 8.42 Å². The number of rotatable bonds is 9. The molecule has 2 amide bonds. The topological polar surface area (TPSA) is 98.1 Å². The van der Waals surface area contributed by atoms with Crippen LogP contribution in [0.5, 0.6) is 11.5 Å². The Morgan fingerprint density at radius 3 is 2.43 bits per heavy atom. The van der Waals surface area contributed by atoms with E-state index in [1.807, 2.05) is 25.1 Å². The standard InChI is InChI=1S/C27H25FN2O6S/c1-19-5-3-6-22(15-19)29-27(31)30(18-23-7-4-14-35-23)17-20-8-13-25(34-2)26(16-20)36-37(32,33)24-11-9-21(28)10-12-24/h3-16H,17-18H2,1-2H3,(H,29,31). The maximum Gasteiger partial charge on any atom is 0.339 e. The van der Waals surface area contributed by atoms with Crippen LogP contribution in [-0.2, 0) is 23.2 Å². The van der Waals surface area contributed by atoms with Crippen LogP contribution in [0.4, 0.5) is 14.9 Å². The molecule has 0 bridgehead atoms. The van der Waals surface area contributed by atoms with Crippen LogP contribution in [0, 0.1) is 12.7 Å². The summed E-state index contributed by atoms with van der Waals surface area (Å²) >= 11 is 0. The Bertz CT molecular complexity index is 1470. The number of urea groups is 1. The molecule has 4 rings (SSSR count). The van der Waals surface area contributed by atoms with Gasteiger partial charge < -0.3 is 23.6 Å². The molecule has 0 fully saturated rings. The van der Waals surface area contributed by atoms with Crippen LogP contribution in [0.25, 0.3) is 0 Å². The number of hydrogen-bond acceptors (Lipinski definition) is 6. The van der Waals surface area contributed by atoms with Crippen molar-refractivity contribution in [1.29, 1.82) is 0 Å². The Morgan fingerprint density at radius 1 is 0.973 bits per heavy atom. The number of hydrogen-bond donors (Lipinski definition) is 1. The number of halogens is 1. The van der Waals surface area contributed by atoms with Crippen molar-refractivity contribution in [2.75, 3.05) is 12.4 Å². The molecule has 0 saturated heterocycles. The predicted octanol–water partition coefficient (Wildman–Crippen LogP) is 5.74. The van der Waals surface area contributed by atoms with Crippen molar-refractivity contribution >= 4 is 21.8 Å². The van der Waals surface area contributed by atoms with E-state index in [1.54, 1.807) is 30.3 Å². The highest BCUT2D eigenvalue weighted by molar-refractivity contribution is 7.87. The van der Waals surface area contributed by atoms with E-state index in [1.165, 1.54) is 24.3 Å². The average Bonchev–Trinajstić information content (AvgIpc) is 3.37. The van der Waals surface area contributed by atoms with Gasteiger partial charge in [-0.3, -0.25) is 0 Å². The Morgan fingerprint density at radius 2 is 1.76 bits per heavy atom. The number of ether oxygens (including phenoxy) is 1. The Kier molecular flexibility index (Phi) is 7.78. The summed E-state index contributed by atoms with van der Waals surface area (Å²) in [5, 5.41) is 2.88. The van der Waals surface area contributed by atoms with Crippen LogP contribution in [-0.4, -0.2) is 26.5 Å². The van der Waals surface area contributed by atoms with Crippen molar-refractivity contribution in [2.24, 2.45) is 0 Å². The van der Waals surface area contributed by atoms with Crippen molar-refractivity contribution < 1.29 is 30.9 Å². The molecule has 0 atom stereocenters. The number of carbonyl (C=O) groups is 1. The number of nitrogens with zero attached hydrogens (tertiary/aromatic N) is 1. The molecule has 0 aliphatic carbocycles. The lowest BCUT2D eigenvalue weighted by atomic mass is 10.2. The number of benzene rings is 3. The van der Waals surface area contributed by atoms with Crippen molar-refractivity contribution in [3.63, 3.8) is 0 Å². The molecule has 0 aliphatic heterocycles. The Balaban J connectivity index is 1.59. The van der Waals surface area contributed by atoms with Crippen LogP contribution >= 0.6 is 0 Å². The first-order chi connectivity index (χ1) is 17.7. The maximum absolute atomic E-state index is 13.3. The minimum Gasteiger partial charge on any atom is -0.493 e. The summed E-state index contributed by atoms with van der Waals surface area (Å²) in [7, 11) is -2.88. The second kappa shape index (κ2) is 11.2. The van der Waals surface area contributed by atoms with Gasteiger partial charge in [-0.05, 0) is 78.7 Å². The third kappa shape index (κ3) is 6.68. The number of nitrogens with one attached hydrogen (secondary N) is 1. The molecular weight excluding hydrogens is 499 g/mol. The number of methoxy groups -OCH3 is 1. The van der Waals surface area contributed by atoms with E-state index in [0.29, 0.717) is 17.0 Å². The zero-order valence-corrected chi connectivity index (χ0v) is 21.0. The van der Waals surface area contributed by atoms with Gasteiger partial charge in [0.05, 0.1) is 19.9 Å². The molecule has 1 N–H and O–H groups in total. The van der Waals surface area contributed by atoms with Crippen LogP contribution < -0.4 is 14.2 Å². The highest BCUT2D eigenvalue weighted by atomic mass is 32.2. The first-order valence-corrected chi connectivity index (χ1v) is 12.7. The second-order valence-electron chi connectivity index (χ2n) is 8.21. The van der Waals surface area contributed by atoms with E-state index in [2.05, 4.69) is 5.32 Å². The van der Waals surface area contributed by atoms with Crippen LogP contribution in [0.15, 0.2) is 94.4 Å². The van der Waals surface area contributed by atoms with E-state index >= 15 is 0 Å². The summed E-state index contributed by atoms with van der Waals surface area (Å²) in [5.41, 5.74) is 2.21. The first-order valence-electron chi connectivity index (χ1n) is 11.3. The van der Waals surface area contributed by atoms with Crippen molar-refractivity contribution in [2.45, 2.75) is 24.9 Å². The van der Waals surface area contributed by atoms with Gasteiger partial charge >= 0.3 is 16.1 Å². The van der Waals surface area contributed by atoms with Gasteiger partial charge in [-0.15, -0.1) is 0 Å². The van der Waals surface area contributed by atoms with E-state index in [4.69, 9.17) is 13.3 Å². The SMILES string of the molecule is COc1ccc(CN(Cc2ccco2)C(=O)Nc2cccc(C)c2)cc1OS(=O)(=O)c1ccc(F)cc1. The number of amides is 2. The quantitative estimate of drug-likeness (QED) is 0.281. The molecule has 0 unspecified atom stereocenters. The summed E-state index contributed by atoms with van der Waals surface area (Å²) in [6, 6.07) is 19.5. The number of furan rings is 1. The van der Waals surface area contributed by atoms with Crippen molar-refractivity contribution in [3.05, 3.63) is 108 Å². The van der Waals surface area contributed by atoms with Crippen LogP contribution in [0.3, 0.4) is 0 Å². The van der Waals surface area contributed by atoms with E-state index in [0.717, 1.165) is 29.8 Å². The Labute approximate surface area is 214 Å². The third-order valence-electron chi connectivity index (χ3n) is 5.39. The minimum atomic E-state index is -4.26. The molecule has 3 aromatic carbocycles. The lowest BCUT2D eigenvalue weighted by Gasteiger charge is -2.23. The highest BCUT2D eigenvalue weighted by Crippen LogP contribution is 2.31. The van der Waals surface area contributed by atoms with Crippen LogP contribution in [0.2, 0.25) is 0 Å². The zero-order chi connectivity index (χ0) is 26.4. The second-order valence-corrected chi connectivity index (χ2v) is 9.76. The highest BCUT2D eigenvalue weighted by Gasteiger charge is 2.22. The van der Waals surface area contributed by atoms with Gasteiger partial charge in [-0.1, -0.05) is 18.2 Å². The summed E-state index contributed by atoms with van der Waals surface area (Å²) in [5.74, 6) is 0.111. The number of aryl methyl sites for hydroxylation is 1. The molecule has 0 spiro atoms. The van der Waals surface area contributed by atoms with Gasteiger partial charge in [-0.25, -0.2) is 9.18 Å². The zero-order valence-electron chi connectivity index (χ0n) is 20.2. The maximum atomic E-state index is 13.3. The molecule has 4 aromatic rings. The number of carbonyl (C=O) groups excluding carboxylic acids is 1. The van der Waals surface area contributed by atoms with Gasteiger partial charge in [0.15, 0.2) is 11.5 Å². The fourth-order valence-corrected chi connectivity index (χ4v) is 4.52. The van der Waals surface area contributed by atoms with Crippen LogP contribution in [0.1, 0.15) is 16.9 Å². The van der Waals surface area contributed by atoms with Gasteiger partial charge in [0.1, 0.15) is 16.5 Å². The predicted molar refractivity (Wildman–Crippen MR) is 135 cm³/mol. The van der Waals surface area contributed by atoms with E-state index < -0.39 is 15.9 Å². The average molecular weight is 525 g/mol. The normalized spacial score (nSPS) is 11.1. The molecule has 0 saturated carbocycles. The molecule has 1 heterocycles. The fourth-order valence-electron chi connectivity index (χ4n) is 3.59. The summed E-state index contributed by atoms with van der Waals surface area (Å²) < 4.78 is 54.8. The lowest BCUT2D eigenvalue weighted by molar-refractivity contribution is 0.201. The summed E-state index contributed by atoms with van der Waals surface area (Å²) in [6.45, 7) is 2.20. The van der Waals surface area contributed by atoms with Gasteiger partial charge in [0.25, 0.3) is 0 Å². The lowest BCUT2D eigenvalue weighted by Crippen LogP contribution is -2.34. The van der Waals surface area contributed by atoms with Crippen molar-refractivity contribution in [1.82, 2.24) is 4.90 Å². The smallest absolute Gasteiger partial charge is 0.339 e. The molecule has 10 heteroatoms. The first kappa shape index (κ1) is 25.8. The Hall–Kier alpha value is -4.31. The van der Waals surface area contributed by atoms with Crippen molar-refractivity contribution in [3.8, 4) is 11.5 Å². The number of anilines is 1. The van der Waals surface area contributed by atoms with E-state index in [9.17, 15) is 17.6 Å². The van der Waals surface area contributed by atoms with Gasteiger partial charge in [0, 0.05) is 12.2 Å². The molecule has 0 aliphatic rings. The molecule has 37 heavy (non-hydrogen) atoms. The third-order valence-corrected chi connectivity index (χ3v) is 6.64. The molecular formula is C27H25FN2O6S.